The summed E-state index contributed by atoms with van der Waals surface area (Å²) in [5.41, 5.74) is 1.14. The first-order valence-corrected chi connectivity index (χ1v) is 6.30. The highest BCUT2D eigenvalue weighted by atomic mass is 15.3. The van der Waals surface area contributed by atoms with Gasteiger partial charge in [0.15, 0.2) is 5.82 Å². The van der Waals surface area contributed by atoms with Crippen molar-refractivity contribution >= 4 is 0 Å². The minimum Gasteiger partial charge on any atom is -0.308 e. The van der Waals surface area contributed by atoms with Crippen molar-refractivity contribution in [3.63, 3.8) is 0 Å². The molecule has 0 radical (unpaired) electrons. The molecule has 0 bridgehead atoms. The van der Waals surface area contributed by atoms with Gasteiger partial charge in [0.05, 0.1) is 19.3 Å². The molecule has 98 valence electrons. The lowest BCUT2D eigenvalue weighted by molar-refractivity contribution is 0.565. The molecule has 2 aromatic heterocycles. The number of rotatable bonds is 6. The Hall–Kier alpha value is -1.69. The van der Waals surface area contributed by atoms with Crippen LogP contribution in [0.1, 0.15) is 32.2 Å². The van der Waals surface area contributed by atoms with Crippen LogP contribution in [0, 0.1) is 0 Å². The van der Waals surface area contributed by atoms with Crippen molar-refractivity contribution in [3.05, 3.63) is 30.1 Å². The van der Waals surface area contributed by atoms with E-state index in [0.717, 1.165) is 17.9 Å². The summed E-state index contributed by atoms with van der Waals surface area (Å²) < 4.78 is 3.75. The maximum absolute atomic E-state index is 4.42. The van der Waals surface area contributed by atoms with Crippen LogP contribution < -0.4 is 5.32 Å². The van der Waals surface area contributed by atoms with E-state index in [0.29, 0.717) is 19.1 Å². The monoisotopic (exact) mass is 248 g/mol. The third kappa shape index (κ3) is 3.40. The molecule has 2 heterocycles. The Morgan fingerprint density at radius 1 is 1.33 bits per heavy atom. The molecule has 18 heavy (non-hydrogen) atoms. The molecule has 0 aliphatic heterocycles. The van der Waals surface area contributed by atoms with Crippen molar-refractivity contribution in [2.45, 2.75) is 46.4 Å². The zero-order valence-corrected chi connectivity index (χ0v) is 11.2. The summed E-state index contributed by atoms with van der Waals surface area (Å²) in [5, 5.41) is 12.0. The largest absolute Gasteiger partial charge is 0.308 e. The van der Waals surface area contributed by atoms with Crippen LogP contribution in [-0.4, -0.2) is 30.6 Å². The van der Waals surface area contributed by atoms with E-state index in [1.165, 1.54) is 0 Å². The molecule has 0 saturated carbocycles. The van der Waals surface area contributed by atoms with Gasteiger partial charge >= 0.3 is 0 Å². The first-order valence-electron chi connectivity index (χ1n) is 6.30. The summed E-state index contributed by atoms with van der Waals surface area (Å²) in [4.78, 5) is 4.27. The SMILES string of the molecule is CCn1cc(Cn2cnc(CNC(C)C)n2)cn1. The van der Waals surface area contributed by atoms with Crippen molar-refractivity contribution in [1.82, 2.24) is 29.9 Å². The minimum absolute atomic E-state index is 0.444. The molecule has 0 saturated heterocycles. The summed E-state index contributed by atoms with van der Waals surface area (Å²) in [6.07, 6.45) is 5.67. The second-order valence-corrected chi connectivity index (χ2v) is 4.60. The Balaban J connectivity index is 1.93. The van der Waals surface area contributed by atoms with Crippen molar-refractivity contribution in [3.8, 4) is 0 Å². The quantitative estimate of drug-likeness (QED) is 0.830. The maximum Gasteiger partial charge on any atom is 0.164 e. The van der Waals surface area contributed by atoms with Gasteiger partial charge in [-0.3, -0.25) is 4.68 Å². The van der Waals surface area contributed by atoms with Gasteiger partial charge < -0.3 is 5.32 Å². The molecule has 0 aliphatic carbocycles. The van der Waals surface area contributed by atoms with E-state index in [2.05, 4.69) is 41.3 Å². The number of nitrogens with one attached hydrogen (secondary N) is 1. The summed E-state index contributed by atoms with van der Waals surface area (Å²) in [6, 6.07) is 0.444. The van der Waals surface area contributed by atoms with Gasteiger partial charge in [-0.15, -0.1) is 0 Å². The average molecular weight is 248 g/mol. The molecule has 6 nitrogen and oxygen atoms in total. The number of nitrogens with zero attached hydrogens (tertiary/aromatic N) is 5. The number of aromatic nitrogens is 5. The summed E-state index contributed by atoms with van der Waals surface area (Å²) in [6.45, 7) is 8.60. The molecule has 6 heteroatoms. The molecule has 0 fully saturated rings. The van der Waals surface area contributed by atoms with Gasteiger partial charge in [0.25, 0.3) is 0 Å². The standard InChI is InChI=1S/C12H20N6/c1-4-17-7-11(5-15-17)8-18-9-14-12(16-18)6-13-10(2)3/h5,7,9-10,13H,4,6,8H2,1-3H3. The van der Waals surface area contributed by atoms with E-state index in [1.54, 1.807) is 6.33 Å². The van der Waals surface area contributed by atoms with Crippen LogP contribution in [-0.2, 0) is 19.6 Å². The Kier molecular flexibility index (Phi) is 4.09. The van der Waals surface area contributed by atoms with Crippen LogP contribution in [0.2, 0.25) is 0 Å². The van der Waals surface area contributed by atoms with E-state index >= 15 is 0 Å². The Bertz CT molecular complexity index is 484. The van der Waals surface area contributed by atoms with Gasteiger partial charge in [-0.2, -0.15) is 10.2 Å². The smallest absolute Gasteiger partial charge is 0.164 e. The highest BCUT2D eigenvalue weighted by Crippen LogP contribution is 2.01. The van der Waals surface area contributed by atoms with Crippen LogP contribution in [0.15, 0.2) is 18.7 Å². The van der Waals surface area contributed by atoms with Gasteiger partial charge in [-0.05, 0) is 6.92 Å². The van der Waals surface area contributed by atoms with E-state index < -0.39 is 0 Å². The topological polar surface area (TPSA) is 60.6 Å². The number of aryl methyl sites for hydroxylation is 1. The second kappa shape index (κ2) is 5.77. The predicted octanol–water partition coefficient (Wildman–Crippen LogP) is 1.04. The van der Waals surface area contributed by atoms with Crippen molar-refractivity contribution < 1.29 is 0 Å². The van der Waals surface area contributed by atoms with Gasteiger partial charge in [-0.25, -0.2) is 9.67 Å². The molecule has 1 N–H and O–H groups in total. The van der Waals surface area contributed by atoms with Crippen LogP contribution in [0.25, 0.3) is 0 Å². The first kappa shape index (κ1) is 12.8. The van der Waals surface area contributed by atoms with E-state index in [9.17, 15) is 0 Å². The van der Waals surface area contributed by atoms with Gasteiger partial charge in [-0.1, -0.05) is 13.8 Å². The van der Waals surface area contributed by atoms with Gasteiger partial charge in [0.2, 0.25) is 0 Å². The molecular weight excluding hydrogens is 228 g/mol. The molecular formula is C12H20N6. The molecule has 0 aromatic carbocycles. The fourth-order valence-corrected chi connectivity index (χ4v) is 1.63. The highest BCUT2D eigenvalue weighted by Gasteiger charge is 2.03. The minimum atomic E-state index is 0.444. The maximum atomic E-state index is 4.42. The van der Waals surface area contributed by atoms with E-state index in [1.807, 2.05) is 21.8 Å². The normalized spacial score (nSPS) is 11.3. The average Bonchev–Trinajstić information content (AvgIpc) is 2.96. The van der Waals surface area contributed by atoms with E-state index in [-0.39, 0.29) is 0 Å². The van der Waals surface area contributed by atoms with Gasteiger partial charge in [0, 0.05) is 24.3 Å². The Labute approximate surface area is 107 Å². The molecule has 0 atom stereocenters. The Morgan fingerprint density at radius 2 is 2.17 bits per heavy atom. The van der Waals surface area contributed by atoms with Crippen LogP contribution in [0.3, 0.4) is 0 Å². The Morgan fingerprint density at radius 3 is 2.83 bits per heavy atom. The predicted molar refractivity (Wildman–Crippen MR) is 69.0 cm³/mol. The third-order valence-corrected chi connectivity index (χ3v) is 2.61. The molecule has 0 aliphatic rings. The molecule has 2 aromatic rings. The van der Waals surface area contributed by atoms with Crippen LogP contribution in [0.4, 0.5) is 0 Å². The lowest BCUT2D eigenvalue weighted by Crippen LogP contribution is -2.22. The van der Waals surface area contributed by atoms with Crippen molar-refractivity contribution in [2.24, 2.45) is 0 Å². The lowest BCUT2D eigenvalue weighted by atomic mass is 10.4. The number of hydrogen-bond acceptors (Lipinski definition) is 4. The van der Waals surface area contributed by atoms with E-state index in [4.69, 9.17) is 0 Å². The molecule has 0 amide bonds. The van der Waals surface area contributed by atoms with Crippen molar-refractivity contribution in [2.75, 3.05) is 0 Å². The second-order valence-electron chi connectivity index (χ2n) is 4.60. The molecule has 0 spiro atoms. The van der Waals surface area contributed by atoms with Crippen molar-refractivity contribution in [1.29, 1.82) is 0 Å². The summed E-state index contributed by atoms with van der Waals surface area (Å²) in [7, 11) is 0. The fraction of sp³-hybridized carbons (Fsp3) is 0.583. The summed E-state index contributed by atoms with van der Waals surface area (Å²) in [5.74, 6) is 0.826. The summed E-state index contributed by atoms with van der Waals surface area (Å²) >= 11 is 0. The zero-order valence-electron chi connectivity index (χ0n) is 11.2. The van der Waals surface area contributed by atoms with Crippen LogP contribution in [0.5, 0.6) is 0 Å². The third-order valence-electron chi connectivity index (χ3n) is 2.61. The highest BCUT2D eigenvalue weighted by molar-refractivity contribution is 5.04. The molecule has 2 rings (SSSR count). The molecule has 0 unspecified atom stereocenters. The first-order chi connectivity index (χ1) is 8.67. The number of hydrogen-bond donors (Lipinski definition) is 1. The van der Waals surface area contributed by atoms with Crippen LogP contribution >= 0.6 is 0 Å². The fourth-order valence-electron chi connectivity index (χ4n) is 1.63. The zero-order chi connectivity index (χ0) is 13.0. The van der Waals surface area contributed by atoms with Gasteiger partial charge in [0.1, 0.15) is 6.33 Å². The lowest BCUT2D eigenvalue weighted by Gasteiger charge is -2.04.